The largest absolute Gasteiger partial charge is 0.302 e. The van der Waals surface area contributed by atoms with Gasteiger partial charge in [-0.15, -0.1) is 0 Å². The van der Waals surface area contributed by atoms with Crippen LogP contribution in [0.5, 0.6) is 0 Å². The summed E-state index contributed by atoms with van der Waals surface area (Å²) in [4.78, 5) is 5.19. The third kappa shape index (κ3) is 2.27. The van der Waals surface area contributed by atoms with E-state index in [0.29, 0.717) is 6.04 Å². The number of hydrogen-bond donors (Lipinski definition) is 1. The molecular formula is C8H17NO. The van der Waals surface area contributed by atoms with Gasteiger partial charge in [-0.2, -0.15) is 5.48 Å². The molecular weight excluding hydrogens is 126 g/mol. The topological polar surface area (TPSA) is 21.3 Å². The van der Waals surface area contributed by atoms with Gasteiger partial charge in [0.15, 0.2) is 0 Å². The van der Waals surface area contributed by atoms with E-state index in [0.717, 1.165) is 18.9 Å². The molecule has 1 N–H and O–H groups in total. The summed E-state index contributed by atoms with van der Waals surface area (Å²) in [6.45, 7) is 5.23. The van der Waals surface area contributed by atoms with Gasteiger partial charge in [-0.1, -0.05) is 13.8 Å². The van der Waals surface area contributed by atoms with Crippen LogP contribution in [0.2, 0.25) is 0 Å². The molecule has 0 heterocycles. The molecule has 1 fully saturated rings. The summed E-state index contributed by atoms with van der Waals surface area (Å²) in [5.74, 6) is 0.905. The number of hydrogen-bond acceptors (Lipinski definition) is 2. The van der Waals surface area contributed by atoms with Crippen molar-refractivity contribution in [3.05, 3.63) is 0 Å². The van der Waals surface area contributed by atoms with Crippen LogP contribution in [-0.2, 0) is 4.84 Å². The lowest BCUT2D eigenvalue weighted by Crippen LogP contribution is -2.40. The van der Waals surface area contributed by atoms with E-state index in [9.17, 15) is 0 Å². The van der Waals surface area contributed by atoms with Crippen LogP contribution in [0, 0.1) is 5.92 Å². The van der Waals surface area contributed by atoms with Crippen molar-refractivity contribution in [2.45, 2.75) is 39.2 Å². The Kier molecular flexibility index (Phi) is 3.16. The second-order valence-corrected chi connectivity index (χ2v) is 3.24. The van der Waals surface area contributed by atoms with Gasteiger partial charge in [0.2, 0.25) is 0 Å². The van der Waals surface area contributed by atoms with Gasteiger partial charge in [-0.3, -0.25) is 0 Å². The van der Waals surface area contributed by atoms with E-state index in [1.165, 1.54) is 12.8 Å². The number of nitrogens with one attached hydrogen (secondary N) is 1. The van der Waals surface area contributed by atoms with Crippen LogP contribution in [0.15, 0.2) is 0 Å². The van der Waals surface area contributed by atoms with Crippen molar-refractivity contribution in [2.75, 3.05) is 6.61 Å². The number of hydroxylamine groups is 1. The zero-order valence-electron chi connectivity index (χ0n) is 6.89. The van der Waals surface area contributed by atoms with Crippen molar-refractivity contribution in [3.8, 4) is 0 Å². The second kappa shape index (κ2) is 3.94. The Hall–Kier alpha value is -0.0800. The Labute approximate surface area is 62.9 Å². The molecule has 2 heteroatoms. The summed E-state index contributed by atoms with van der Waals surface area (Å²) in [5.41, 5.74) is 3.05. The minimum atomic E-state index is 0.640. The lowest BCUT2D eigenvalue weighted by molar-refractivity contribution is -0.0155. The molecule has 0 aromatic heterocycles. The van der Waals surface area contributed by atoms with E-state index in [4.69, 9.17) is 4.84 Å². The average molecular weight is 143 g/mol. The first-order valence-electron chi connectivity index (χ1n) is 4.20. The monoisotopic (exact) mass is 143 g/mol. The van der Waals surface area contributed by atoms with Gasteiger partial charge >= 0.3 is 0 Å². The van der Waals surface area contributed by atoms with Gasteiger partial charge < -0.3 is 4.84 Å². The highest BCUT2D eigenvalue weighted by atomic mass is 16.6. The molecule has 0 aromatic carbocycles. The predicted octanol–water partition coefficient (Wildman–Crippen LogP) is 1.72. The first kappa shape index (κ1) is 8.02. The highest BCUT2D eigenvalue weighted by Crippen LogP contribution is 2.25. The van der Waals surface area contributed by atoms with Crippen LogP contribution in [0.4, 0.5) is 0 Å². The van der Waals surface area contributed by atoms with Crippen molar-refractivity contribution in [1.29, 1.82) is 0 Å². The van der Waals surface area contributed by atoms with Crippen LogP contribution in [0.25, 0.3) is 0 Å². The fourth-order valence-electron chi connectivity index (χ4n) is 1.28. The molecule has 0 saturated heterocycles. The quantitative estimate of drug-likeness (QED) is 0.478. The Morgan fingerprint density at radius 2 is 2.20 bits per heavy atom. The van der Waals surface area contributed by atoms with Gasteiger partial charge in [0, 0.05) is 6.04 Å². The van der Waals surface area contributed by atoms with Gasteiger partial charge in [-0.05, 0) is 25.2 Å². The zero-order valence-corrected chi connectivity index (χ0v) is 6.89. The molecule has 1 saturated carbocycles. The van der Waals surface area contributed by atoms with E-state index >= 15 is 0 Å². The number of rotatable bonds is 4. The lowest BCUT2D eigenvalue weighted by atomic mass is 9.82. The summed E-state index contributed by atoms with van der Waals surface area (Å²) < 4.78 is 0. The molecule has 0 amide bonds. The van der Waals surface area contributed by atoms with Crippen LogP contribution < -0.4 is 5.48 Å². The van der Waals surface area contributed by atoms with E-state index in [2.05, 4.69) is 19.3 Å². The summed E-state index contributed by atoms with van der Waals surface area (Å²) in [6.07, 6.45) is 3.66. The second-order valence-electron chi connectivity index (χ2n) is 3.24. The zero-order chi connectivity index (χ0) is 7.40. The van der Waals surface area contributed by atoms with E-state index < -0.39 is 0 Å². The summed E-state index contributed by atoms with van der Waals surface area (Å²) in [7, 11) is 0. The molecule has 0 aromatic rings. The molecule has 0 unspecified atom stereocenters. The van der Waals surface area contributed by atoms with E-state index in [-0.39, 0.29) is 0 Å². The predicted molar refractivity (Wildman–Crippen MR) is 41.6 cm³/mol. The minimum absolute atomic E-state index is 0.640. The third-order valence-electron chi connectivity index (χ3n) is 1.93. The first-order valence-corrected chi connectivity index (χ1v) is 4.20. The average Bonchev–Trinajstić information content (AvgIpc) is 1.85. The Morgan fingerprint density at radius 1 is 1.50 bits per heavy atom. The van der Waals surface area contributed by atoms with Gasteiger partial charge in [0.1, 0.15) is 0 Å². The Balaban J connectivity index is 1.86. The third-order valence-corrected chi connectivity index (χ3v) is 1.93. The van der Waals surface area contributed by atoms with Crippen molar-refractivity contribution in [1.82, 2.24) is 5.48 Å². The van der Waals surface area contributed by atoms with Crippen LogP contribution in [0.1, 0.15) is 33.1 Å². The standard InChI is InChI=1S/C8H17NO/c1-3-4-10-9-8-5-7(2)6-8/h7-9H,3-6H2,1-2H3. The molecule has 10 heavy (non-hydrogen) atoms. The molecule has 60 valence electrons. The van der Waals surface area contributed by atoms with E-state index in [1.54, 1.807) is 0 Å². The first-order chi connectivity index (χ1) is 4.83. The van der Waals surface area contributed by atoms with Crippen molar-refractivity contribution < 1.29 is 4.84 Å². The van der Waals surface area contributed by atoms with Crippen LogP contribution in [-0.4, -0.2) is 12.6 Å². The van der Waals surface area contributed by atoms with Crippen molar-refractivity contribution in [3.63, 3.8) is 0 Å². The highest BCUT2D eigenvalue weighted by Gasteiger charge is 2.24. The normalized spacial score (nSPS) is 31.8. The van der Waals surface area contributed by atoms with Crippen molar-refractivity contribution >= 4 is 0 Å². The molecule has 1 rings (SSSR count). The maximum atomic E-state index is 5.19. The molecule has 1 aliphatic rings. The maximum Gasteiger partial charge on any atom is 0.0679 e. The van der Waals surface area contributed by atoms with Crippen LogP contribution in [0.3, 0.4) is 0 Å². The Bertz CT molecular complexity index is 89.3. The highest BCUT2D eigenvalue weighted by molar-refractivity contribution is 4.79. The smallest absolute Gasteiger partial charge is 0.0679 e. The minimum Gasteiger partial charge on any atom is -0.302 e. The molecule has 1 aliphatic carbocycles. The van der Waals surface area contributed by atoms with E-state index in [1.807, 2.05) is 0 Å². The summed E-state index contributed by atoms with van der Waals surface area (Å²) in [5, 5.41) is 0. The van der Waals surface area contributed by atoms with Crippen molar-refractivity contribution in [2.24, 2.45) is 5.92 Å². The van der Waals surface area contributed by atoms with Gasteiger partial charge in [-0.25, -0.2) is 0 Å². The molecule has 0 radical (unpaired) electrons. The van der Waals surface area contributed by atoms with Gasteiger partial charge in [0.05, 0.1) is 6.61 Å². The Morgan fingerprint density at radius 3 is 2.70 bits per heavy atom. The fraction of sp³-hybridized carbons (Fsp3) is 1.00. The SMILES string of the molecule is CCCONC1CC(C)C1. The van der Waals surface area contributed by atoms with Gasteiger partial charge in [0.25, 0.3) is 0 Å². The summed E-state index contributed by atoms with van der Waals surface area (Å²) in [6, 6.07) is 0.640. The molecule has 0 aliphatic heterocycles. The molecule has 2 nitrogen and oxygen atoms in total. The van der Waals surface area contributed by atoms with Crippen LogP contribution >= 0.6 is 0 Å². The maximum absolute atomic E-state index is 5.19. The molecule has 0 atom stereocenters. The molecule has 0 spiro atoms. The molecule has 0 bridgehead atoms. The summed E-state index contributed by atoms with van der Waals surface area (Å²) >= 11 is 0. The fourth-order valence-corrected chi connectivity index (χ4v) is 1.28. The lowest BCUT2D eigenvalue weighted by Gasteiger charge is -2.32.